The molecule has 0 aliphatic carbocycles. The Morgan fingerprint density at radius 2 is 2.05 bits per heavy atom. The SMILES string of the molecule is Cc1nc2cc(-c3nc(C)n(C)c3C#N)ccc2o1. The maximum absolute atomic E-state index is 9.25. The van der Waals surface area contributed by atoms with Gasteiger partial charge in [0, 0.05) is 19.5 Å². The van der Waals surface area contributed by atoms with Gasteiger partial charge in [0.1, 0.15) is 28.8 Å². The summed E-state index contributed by atoms with van der Waals surface area (Å²) >= 11 is 0. The van der Waals surface area contributed by atoms with Crippen molar-refractivity contribution in [2.45, 2.75) is 13.8 Å². The number of hydrogen-bond acceptors (Lipinski definition) is 4. The highest BCUT2D eigenvalue weighted by molar-refractivity contribution is 5.80. The highest BCUT2D eigenvalue weighted by Gasteiger charge is 2.15. The average Bonchev–Trinajstić information content (AvgIpc) is 2.89. The molecule has 0 aliphatic heterocycles. The van der Waals surface area contributed by atoms with Crippen LogP contribution in [0.3, 0.4) is 0 Å². The largest absolute Gasteiger partial charge is 0.441 e. The van der Waals surface area contributed by atoms with Crippen molar-refractivity contribution in [1.29, 1.82) is 5.26 Å². The minimum atomic E-state index is 0.553. The molecule has 0 fully saturated rings. The Kier molecular flexibility index (Phi) is 2.39. The Morgan fingerprint density at radius 3 is 2.79 bits per heavy atom. The quantitative estimate of drug-likeness (QED) is 0.667. The van der Waals surface area contributed by atoms with Gasteiger partial charge in [-0.3, -0.25) is 0 Å². The molecule has 0 saturated heterocycles. The number of hydrogen-bond donors (Lipinski definition) is 0. The molecule has 5 heteroatoms. The molecular weight excluding hydrogens is 240 g/mol. The van der Waals surface area contributed by atoms with E-state index in [0.29, 0.717) is 17.3 Å². The van der Waals surface area contributed by atoms with Crippen LogP contribution in [-0.4, -0.2) is 14.5 Å². The first kappa shape index (κ1) is 11.5. The van der Waals surface area contributed by atoms with Gasteiger partial charge in [0.2, 0.25) is 0 Å². The predicted molar refractivity (Wildman–Crippen MR) is 70.4 cm³/mol. The first-order chi connectivity index (χ1) is 9.10. The van der Waals surface area contributed by atoms with Gasteiger partial charge in [0.05, 0.1) is 0 Å². The van der Waals surface area contributed by atoms with Gasteiger partial charge in [-0.1, -0.05) is 0 Å². The van der Waals surface area contributed by atoms with E-state index in [2.05, 4.69) is 16.0 Å². The molecule has 0 aliphatic rings. The highest BCUT2D eigenvalue weighted by atomic mass is 16.3. The van der Waals surface area contributed by atoms with Crippen molar-refractivity contribution >= 4 is 11.1 Å². The van der Waals surface area contributed by atoms with Crippen LogP contribution < -0.4 is 0 Å². The summed E-state index contributed by atoms with van der Waals surface area (Å²) in [6.45, 7) is 3.69. The molecule has 0 radical (unpaired) electrons. The van der Waals surface area contributed by atoms with Crippen LogP contribution in [0.15, 0.2) is 22.6 Å². The number of nitrogens with zero attached hydrogens (tertiary/aromatic N) is 4. The predicted octanol–water partition coefficient (Wildman–Crippen LogP) is 2.72. The second-order valence-electron chi connectivity index (χ2n) is 4.44. The van der Waals surface area contributed by atoms with Crippen LogP contribution >= 0.6 is 0 Å². The van der Waals surface area contributed by atoms with Gasteiger partial charge in [0.15, 0.2) is 11.5 Å². The van der Waals surface area contributed by atoms with Gasteiger partial charge in [-0.25, -0.2) is 9.97 Å². The van der Waals surface area contributed by atoms with Crippen molar-refractivity contribution < 1.29 is 4.42 Å². The van der Waals surface area contributed by atoms with Crippen molar-refractivity contribution in [1.82, 2.24) is 14.5 Å². The molecule has 0 amide bonds. The third-order valence-corrected chi connectivity index (χ3v) is 3.19. The lowest BCUT2D eigenvalue weighted by molar-refractivity contribution is 0.561. The summed E-state index contributed by atoms with van der Waals surface area (Å²) < 4.78 is 7.23. The van der Waals surface area contributed by atoms with Crippen molar-refractivity contribution in [2.75, 3.05) is 0 Å². The Hall–Kier alpha value is -2.61. The second-order valence-corrected chi connectivity index (χ2v) is 4.44. The first-order valence-electron chi connectivity index (χ1n) is 5.91. The van der Waals surface area contributed by atoms with Gasteiger partial charge in [0.25, 0.3) is 0 Å². The molecule has 0 unspecified atom stereocenters. The second kappa shape index (κ2) is 3.95. The number of imidazole rings is 1. The molecule has 0 N–H and O–H groups in total. The number of rotatable bonds is 1. The van der Waals surface area contributed by atoms with E-state index in [4.69, 9.17) is 4.42 Å². The van der Waals surface area contributed by atoms with E-state index in [9.17, 15) is 5.26 Å². The third-order valence-electron chi connectivity index (χ3n) is 3.19. The molecule has 0 saturated carbocycles. The summed E-state index contributed by atoms with van der Waals surface area (Å²) in [5.41, 5.74) is 3.64. The Bertz CT molecular complexity index is 820. The minimum absolute atomic E-state index is 0.553. The van der Waals surface area contributed by atoms with E-state index in [1.807, 2.05) is 39.1 Å². The smallest absolute Gasteiger partial charge is 0.192 e. The maximum atomic E-state index is 9.25. The zero-order chi connectivity index (χ0) is 13.6. The van der Waals surface area contributed by atoms with E-state index < -0.39 is 0 Å². The Balaban J connectivity index is 2.24. The number of oxazole rings is 1. The van der Waals surface area contributed by atoms with Crippen LogP contribution in [0.25, 0.3) is 22.4 Å². The molecule has 5 nitrogen and oxygen atoms in total. The van der Waals surface area contributed by atoms with Crippen LogP contribution in [0.4, 0.5) is 0 Å². The Labute approximate surface area is 110 Å². The van der Waals surface area contributed by atoms with E-state index in [-0.39, 0.29) is 0 Å². The van der Waals surface area contributed by atoms with Gasteiger partial charge in [-0.15, -0.1) is 0 Å². The summed E-state index contributed by atoms with van der Waals surface area (Å²) in [6, 6.07) is 7.85. The topological polar surface area (TPSA) is 67.6 Å². The molecule has 2 aromatic heterocycles. The standard InChI is InChI=1S/C14H12N4O/c1-8-16-14(12(7-15)18(8)3)10-4-5-13-11(6-10)17-9(2)19-13/h4-6H,1-3H3. The normalized spacial score (nSPS) is 10.8. The molecule has 0 atom stereocenters. The lowest BCUT2D eigenvalue weighted by Gasteiger charge is -1.98. The number of nitriles is 1. The summed E-state index contributed by atoms with van der Waals surface area (Å²) in [6.07, 6.45) is 0. The van der Waals surface area contributed by atoms with E-state index in [1.54, 1.807) is 4.57 Å². The molecule has 0 bridgehead atoms. The zero-order valence-corrected chi connectivity index (χ0v) is 10.9. The number of aromatic nitrogens is 3. The summed E-state index contributed by atoms with van der Waals surface area (Å²) in [5.74, 6) is 1.44. The fourth-order valence-electron chi connectivity index (χ4n) is 2.13. The van der Waals surface area contributed by atoms with Crippen LogP contribution in [0, 0.1) is 25.2 Å². The molecule has 0 spiro atoms. The van der Waals surface area contributed by atoms with Crippen molar-refractivity contribution in [2.24, 2.45) is 7.05 Å². The van der Waals surface area contributed by atoms with Crippen LogP contribution in [0.2, 0.25) is 0 Å². The average molecular weight is 252 g/mol. The fraction of sp³-hybridized carbons (Fsp3) is 0.214. The molecule has 3 aromatic rings. The minimum Gasteiger partial charge on any atom is -0.441 e. The van der Waals surface area contributed by atoms with E-state index >= 15 is 0 Å². The zero-order valence-electron chi connectivity index (χ0n) is 10.9. The number of fused-ring (bicyclic) bond motifs is 1. The van der Waals surface area contributed by atoms with Crippen molar-refractivity contribution in [3.63, 3.8) is 0 Å². The lowest BCUT2D eigenvalue weighted by atomic mass is 10.1. The van der Waals surface area contributed by atoms with E-state index in [1.165, 1.54) is 0 Å². The lowest BCUT2D eigenvalue weighted by Crippen LogP contribution is -1.94. The summed E-state index contributed by atoms with van der Waals surface area (Å²) in [4.78, 5) is 8.75. The van der Waals surface area contributed by atoms with Crippen LogP contribution in [-0.2, 0) is 7.05 Å². The van der Waals surface area contributed by atoms with Gasteiger partial charge < -0.3 is 8.98 Å². The number of benzene rings is 1. The molecule has 94 valence electrons. The van der Waals surface area contributed by atoms with Crippen LogP contribution in [0.1, 0.15) is 17.4 Å². The monoisotopic (exact) mass is 252 g/mol. The number of aryl methyl sites for hydroxylation is 2. The highest BCUT2D eigenvalue weighted by Crippen LogP contribution is 2.26. The molecule has 19 heavy (non-hydrogen) atoms. The first-order valence-corrected chi connectivity index (χ1v) is 5.91. The summed E-state index contributed by atoms with van der Waals surface area (Å²) in [5, 5.41) is 9.25. The fourth-order valence-corrected chi connectivity index (χ4v) is 2.13. The van der Waals surface area contributed by atoms with E-state index in [0.717, 1.165) is 22.5 Å². The molecule has 3 rings (SSSR count). The molecule has 2 heterocycles. The van der Waals surface area contributed by atoms with Gasteiger partial charge in [-0.05, 0) is 25.1 Å². The molecular formula is C14H12N4O. The summed E-state index contributed by atoms with van der Waals surface area (Å²) in [7, 11) is 1.84. The molecule has 1 aromatic carbocycles. The van der Waals surface area contributed by atoms with Gasteiger partial charge in [-0.2, -0.15) is 5.26 Å². The van der Waals surface area contributed by atoms with Gasteiger partial charge >= 0.3 is 0 Å². The van der Waals surface area contributed by atoms with Crippen LogP contribution in [0.5, 0.6) is 0 Å². The van der Waals surface area contributed by atoms with Crippen molar-refractivity contribution in [3.8, 4) is 17.3 Å². The third kappa shape index (κ3) is 1.69. The van der Waals surface area contributed by atoms with Crippen molar-refractivity contribution in [3.05, 3.63) is 35.6 Å². The Morgan fingerprint density at radius 1 is 1.26 bits per heavy atom. The maximum Gasteiger partial charge on any atom is 0.192 e.